The third-order valence-electron chi connectivity index (χ3n) is 4.84. The third-order valence-corrected chi connectivity index (χ3v) is 4.84. The van der Waals surface area contributed by atoms with Gasteiger partial charge in [-0.25, -0.2) is 0 Å². The fourth-order valence-corrected chi connectivity index (χ4v) is 3.48. The average molecular weight is 344 g/mol. The fraction of sp³-hybridized carbons (Fsp3) is 0.550. The number of hydrogen-bond donors (Lipinski definition) is 1. The first-order valence-electron chi connectivity index (χ1n) is 9.02. The molecular formula is C20H28N2O3. The lowest BCUT2D eigenvalue weighted by Crippen LogP contribution is -2.46. The van der Waals surface area contributed by atoms with Crippen molar-refractivity contribution in [1.29, 1.82) is 0 Å². The Bertz CT molecular complexity index is 688. The molecule has 0 aliphatic carbocycles. The summed E-state index contributed by atoms with van der Waals surface area (Å²) in [5, 5.41) is 15.1. The molecule has 25 heavy (non-hydrogen) atoms. The molecule has 1 saturated heterocycles. The average Bonchev–Trinajstić information content (AvgIpc) is 3.05. The molecule has 0 radical (unpaired) electrons. The molecule has 0 atom stereocenters. The van der Waals surface area contributed by atoms with Crippen molar-refractivity contribution in [2.75, 3.05) is 26.7 Å². The standard InChI is InChI=1S/C20H28N2O3/c1-15(2)14-22-9-7-20(23,8-10-22)13-18-12-19(21-25-18)16-5-4-6-17(11-16)24-3/h4-6,11-12,15,23H,7-10,13-14H2,1-3H3. The van der Waals surface area contributed by atoms with Crippen LogP contribution in [0.25, 0.3) is 11.3 Å². The summed E-state index contributed by atoms with van der Waals surface area (Å²) in [4.78, 5) is 2.43. The quantitative estimate of drug-likeness (QED) is 0.870. The number of aromatic nitrogens is 1. The molecule has 0 saturated carbocycles. The Morgan fingerprint density at radius 3 is 2.72 bits per heavy atom. The van der Waals surface area contributed by atoms with Crippen LogP contribution in [0.1, 0.15) is 32.4 Å². The molecule has 1 fully saturated rings. The van der Waals surface area contributed by atoms with Crippen molar-refractivity contribution in [3.8, 4) is 17.0 Å². The van der Waals surface area contributed by atoms with E-state index in [4.69, 9.17) is 9.26 Å². The molecule has 2 aromatic rings. The number of methoxy groups -OCH3 is 1. The molecule has 0 amide bonds. The Kier molecular flexibility index (Phi) is 5.45. The Morgan fingerprint density at radius 2 is 2.04 bits per heavy atom. The minimum absolute atomic E-state index is 0.513. The van der Waals surface area contributed by atoms with E-state index in [9.17, 15) is 5.11 Å². The van der Waals surface area contributed by atoms with Crippen molar-refractivity contribution in [3.05, 3.63) is 36.1 Å². The minimum Gasteiger partial charge on any atom is -0.497 e. The number of rotatable bonds is 6. The van der Waals surface area contributed by atoms with Gasteiger partial charge in [-0.1, -0.05) is 31.1 Å². The van der Waals surface area contributed by atoms with E-state index in [1.165, 1.54) is 0 Å². The number of nitrogens with zero attached hydrogens (tertiary/aromatic N) is 2. The number of piperidine rings is 1. The first-order valence-corrected chi connectivity index (χ1v) is 9.02. The van der Waals surface area contributed by atoms with Gasteiger partial charge in [0.15, 0.2) is 0 Å². The van der Waals surface area contributed by atoms with E-state index in [-0.39, 0.29) is 0 Å². The molecule has 1 N–H and O–H groups in total. The second kappa shape index (κ2) is 7.58. The maximum atomic E-state index is 10.9. The number of aliphatic hydroxyl groups is 1. The van der Waals surface area contributed by atoms with Crippen LogP contribution in [-0.2, 0) is 6.42 Å². The largest absolute Gasteiger partial charge is 0.497 e. The van der Waals surface area contributed by atoms with Crippen molar-refractivity contribution < 1.29 is 14.4 Å². The first-order chi connectivity index (χ1) is 12.0. The van der Waals surface area contributed by atoms with Gasteiger partial charge in [-0.3, -0.25) is 0 Å². The zero-order valence-electron chi connectivity index (χ0n) is 15.4. The normalized spacial score (nSPS) is 17.8. The van der Waals surface area contributed by atoms with Gasteiger partial charge >= 0.3 is 0 Å². The SMILES string of the molecule is COc1cccc(-c2cc(CC3(O)CCN(CC(C)C)CC3)on2)c1. The van der Waals surface area contributed by atoms with E-state index in [0.29, 0.717) is 12.3 Å². The summed E-state index contributed by atoms with van der Waals surface area (Å²) in [7, 11) is 1.65. The highest BCUT2D eigenvalue weighted by Gasteiger charge is 2.33. The second-order valence-corrected chi connectivity index (χ2v) is 7.51. The van der Waals surface area contributed by atoms with Crippen LogP contribution >= 0.6 is 0 Å². The van der Waals surface area contributed by atoms with Crippen LogP contribution in [0.3, 0.4) is 0 Å². The fourth-order valence-electron chi connectivity index (χ4n) is 3.48. The van der Waals surface area contributed by atoms with Crippen molar-refractivity contribution >= 4 is 0 Å². The summed E-state index contributed by atoms with van der Waals surface area (Å²) in [6.45, 7) is 7.43. The van der Waals surface area contributed by atoms with Crippen LogP contribution in [0, 0.1) is 5.92 Å². The molecule has 1 aliphatic rings. The molecular weight excluding hydrogens is 316 g/mol. The zero-order valence-corrected chi connectivity index (χ0v) is 15.4. The van der Waals surface area contributed by atoms with E-state index in [0.717, 1.165) is 55.2 Å². The molecule has 0 unspecified atom stereocenters. The Labute approximate surface area is 149 Å². The van der Waals surface area contributed by atoms with Gasteiger partial charge in [0.25, 0.3) is 0 Å². The maximum absolute atomic E-state index is 10.9. The zero-order chi connectivity index (χ0) is 17.9. The van der Waals surface area contributed by atoms with E-state index in [2.05, 4.69) is 23.9 Å². The number of likely N-dealkylation sites (tertiary alicyclic amines) is 1. The smallest absolute Gasteiger partial charge is 0.140 e. The van der Waals surface area contributed by atoms with Crippen LogP contribution in [0.4, 0.5) is 0 Å². The van der Waals surface area contributed by atoms with Crippen molar-refractivity contribution in [2.24, 2.45) is 5.92 Å². The van der Waals surface area contributed by atoms with E-state index in [1.54, 1.807) is 7.11 Å². The number of ether oxygens (including phenoxy) is 1. The molecule has 0 spiro atoms. The Morgan fingerprint density at radius 1 is 1.28 bits per heavy atom. The van der Waals surface area contributed by atoms with Gasteiger partial charge in [-0.2, -0.15) is 0 Å². The van der Waals surface area contributed by atoms with Crippen LogP contribution in [-0.4, -0.2) is 47.5 Å². The topological polar surface area (TPSA) is 58.7 Å². The van der Waals surface area contributed by atoms with E-state index < -0.39 is 5.60 Å². The predicted molar refractivity (Wildman–Crippen MR) is 97.7 cm³/mol. The summed E-state index contributed by atoms with van der Waals surface area (Å²) in [5.74, 6) is 2.18. The summed E-state index contributed by atoms with van der Waals surface area (Å²) in [5.41, 5.74) is 1.03. The lowest BCUT2D eigenvalue weighted by molar-refractivity contribution is -0.0267. The van der Waals surface area contributed by atoms with E-state index in [1.807, 2.05) is 30.3 Å². The van der Waals surface area contributed by atoms with Gasteiger partial charge in [0.1, 0.15) is 17.2 Å². The summed E-state index contributed by atoms with van der Waals surface area (Å²) >= 11 is 0. The Balaban J connectivity index is 1.63. The van der Waals surface area contributed by atoms with Crippen molar-refractivity contribution in [2.45, 2.75) is 38.7 Å². The lowest BCUT2D eigenvalue weighted by Gasteiger charge is -2.38. The lowest BCUT2D eigenvalue weighted by atomic mass is 9.87. The van der Waals surface area contributed by atoms with Crippen LogP contribution in [0.15, 0.2) is 34.9 Å². The summed E-state index contributed by atoms with van der Waals surface area (Å²) in [6.07, 6.45) is 2.06. The summed E-state index contributed by atoms with van der Waals surface area (Å²) in [6, 6.07) is 9.66. The predicted octanol–water partition coefficient (Wildman–Crippen LogP) is 3.38. The van der Waals surface area contributed by atoms with E-state index >= 15 is 0 Å². The van der Waals surface area contributed by atoms with Crippen molar-refractivity contribution in [3.63, 3.8) is 0 Å². The highest BCUT2D eigenvalue weighted by Crippen LogP contribution is 2.29. The summed E-state index contributed by atoms with van der Waals surface area (Å²) < 4.78 is 10.7. The molecule has 2 heterocycles. The monoisotopic (exact) mass is 344 g/mol. The first kappa shape index (κ1) is 18.0. The second-order valence-electron chi connectivity index (χ2n) is 7.51. The van der Waals surface area contributed by atoms with Crippen LogP contribution in [0.2, 0.25) is 0 Å². The highest BCUT2D eigenvalue weighted by molar-refractivity contribution is 5.60. The van der Waals surface area contributed by atoms with Gasteiger partial charge in [0, 0.05) is 37.7 Å². The highest BCUT2D eigenvalue weighted by atomic mass is 16.5. The molecule has 1 aromatic carbocycles. The number of benzene rings is 1. The third kappa shape index (κ3) is 4.61. The van der Waals surface area contributed by atoms with Gasteiger partial charge < -0.3 is 19.3 Å². The Hall–Kier alpha value is -1.85. The number of hydrogen-bond acceptors (Lipinski definition) is 5. The van der Waals surface area contributed by atoms with Gasteiger partial charge in [0.05, 0.1) is 12.7 Å². The molecule has 3 rings (SSSR count). The van der Waals surface area contributed by atoms with Gasteiger partial charge in [0.2, 0.25) is 0 Å². The van der Waals surface area contributed by atoms with Crippen LogP contribution < -0.4 is 4.74 Å². The van der Waals surface area contributed by atoms with Crippen molar-refractivity contribution in [1.82, 2.24) is 10.1 Å². The van der Waals surface area contributed by atoms with Gasteiger partial charge in [-0.05, 0) is 30.9 Å². The molecule has 136 valence electrons. The molecule has 5 heteroatoms. The van der Waals surface area contributed by atoms with Crippen LogP contribution in [0.5, 0.6) is 5.75 Å². The minimum atomic E-state index is -0.696. The molecule has 0 bridgehead atoms. The molecule has 1 aliphatic heterocycles. The van der Waals surface area contributed by atoms with Gasteiger partial charge in [-0.15, -0.1) is 0 Å². The molecule has 5 nitrogen and oxygen atoms in total. The maximum Gasteiger partial charge on any atom is 0.140 e. The molecule has 1 aromatic heterocycles.